The van der Waals surface area contributed by atoms with Crippen LogP contribution >= 0.6 is 0 Å². The Morgan fingerprint density at radius 1 is 1.10 bits per heavy atom. The first-order chi connectivity index (χ1) is 9.58. The van der Waals surface area contributed by atoms with Gasteiger partial charge in [-0.05, 0) is 31.1 Å². The van der Waals surface area contributed by atoms with Gasteiger partial charge in [-0.2, -0.15) is 0 Å². The predicted molar refractivity (Wildman–Crippen MR) is 69.9 cm³/mol. The second-order valence-electron chi connectivity index (χ2n) is 6.19. The molecule has 2 bridgehead atoms. The zero-order valence-electron chi connectivity index (χ0n) is 11.0. The summed E-state index contributed by atoms with van der Waals surface area (Å²) >= 11 is 0. The van der Waals surface area contributed by atoms with E-state index < -0.39 is 6.04 Å². The van der Waals surface area contributed by atoms with Crippen LogP contribution in [0.5, 0.6) is 0 Å². The van der Waals surface area contributed by atoms with Crippen LogP contribution in [0.2, 0.25) is 0 Å². The maximum Gasteiger partial charge on any atom is 0.247 e. The highest BCUT2D eigenvalue weighted by atomic mass is 16.2. The van der Waals surface area contributed by atoms with E-state index in [1.807, 2.05) is 0 Å². The van der Waals surface area contributed by atoms with E-state index in [0.29, 0.717) is 18.5 Å². The molecule has 5 atom stereocenters. The molecule has 0 aromatic rings. The number of allylic oxidation sites excluding steroid dienone is 3. The Bertz CT molecular complexity index is 550. The lowest BCUT2D eigenvalue weighted by Crippen LogP contribution is -2.52. The van der Waals surface area contributed by atoms with Gasteiger partial charge in [0.1, 0.15) is 6.04 Å². The summed E-state index contributed by atoms with van der Waals surface area (Å²) in [5.41, 5.74) is 0.660. The fraction of sp³-hybridized carbons (Fsp3) is 0.533. The number of rotatable bonds is 1. The Labute approximate surface area is 116 Å². The van der Waals surface area contributed by atoms with Gasteiger partial charge in [0.25, 0.3) is 0 Å². The maximum absolute atomic E-state index is 12.6. The van der Waals surface area contributed by atoms with Crippen molar-refractivity contribution < 1.29 is 14.4 Å². The smallest absolute Gasteiger partial charge is 0.247 e. The van der Waals surface area contributed by atoms with Crippen molar-refractivity contribution in [3.8, 4) is 0 Å². The van der Waals surface area contributed by atoms with Gasteiger partial charge in [0.2, 0.25) is 17.7 Å². The summed E-state index contributed by atoms with van der Waals surface area (Å²) in [5, 5.41) is 2.66. The van der Waals surface area contributed by atoms with Crippen LogP contribution < -0.4 is 5.32 Å². The Kier molecular flexibility index (Phi) is 2.26. The van der Waals surface area contributed by atoms with Crippen molar-refractivity contribution in [1.29, 1.82) is 0 Å². The highest BCUT2D eigenvalue weighted by Crippen LogP contribution is 2.53. The molecule has 4 aliphatic rings. The number of fused-ring (bicyclic) bond motifs is 5. The van der Waals surface area contributed by atoms with Crippen molar-refractivity contribution in [3.63, 3.8) is 0 Å². The van der Waals surface area contributed by atoms with Crippen molar-refractivity contribution in [1.82, 2.24) is 10.2 Å². The largest absolute Gasteiger partial charge is 0.329 e. The number of carbonyl (C=O) groups is 3. The number of piperidine rings is 1. The first-order valence-electron chi connectivity index (χ1n) is 7.12. The Morgan fingerprint density at radius 2 is 1.70 bits per heavy atom. The van der Waals surface area contributed by atoms with Crippen LogP contribution in [0.1, 0.15) is 19.3 Å². The average molecular weight is 272 g/mol. The molecule has 5 nitrogen and oxygen atoms in total. The van der Waals surface area contributed by atoms with Crippen molar-refractivity contribution >= 4 is 17.7 Å². The van der Waals surface area contributed by atoms with Crippen molar-refractivity contribution in [2.75, 3.05) is 0 Å². The number of imide groups is 1. The fourth-order valence-corrected chi connectivity index (χ4v) is 4.24. The molecular formula is C15H16N2O3. The molecule has 0 spiro atoms. The normalized spacial score (nSPS) is 42.4. The van der Waals surface area contributed by atoms with Crippen molar-refractivity contribution in [3.05, 3.63) is 24.4 Å². The number of nitrogens with zero attached hydrogens (tertiary/aromatic N) is 1. The fourth-order valence-electron chi connectivity index (χ4n) is 4.24. The summed E-state index contributed by atoms with van der Waals surface area (Å²) in [6.45, 7) is 3.72. The molecule has 4 rings (SSSR count). The van der Waals surface area contributed by atoms with E-state index in [2.05, 4.69) is 24.0 Å². The molecule has 104 valence electrons. The van der Waals surface area contributed by atoms with E-state index in [1.165, 1.54) is 4.90 Å². The zero-order valence-corrected chi connectivity index (χ0v) is 11.0. The average Bonchev–Trinajstić information content (AvgIpc) is 3.06. The van der Waals surface area contributed by atoms with Gasteiger partial charge in [0.05, 0.1) is 11.8 Å². The van der Waals surface area contributed by atoms with Gasteiger partial charge in [-0.3, -0.25) is 19.3 Å². The van der Waals surface area contributed by atoms with E-state index in [0.717, 1.165) is 6.42 Å². The number of nitrogens with one attached hydrogen (secondary N) is 1. The van der Waals surface area contributed by atoms with Gasteiger partial charge in [0.15, 0.2) is 0 Å². The monoisotopic (exact) mass is 272 g/mol. The van der Waals surface area contributed by atoms with Gasteiger partial charge in [-0.25, -0.2) is 0 Å². The van der Waals surface area contributed by atoms with Gasteiger partial charge >= 0.3 is 0 Å². The molecule has 20 heavy (non-hydrogen) atoms. The number of hydrogen-bond acceptors (Lipinski definition) is 3. The highest BCUT2D eigenvalue weighted by molar-refractivity contribution is 6.09. The quantitative estimate of drug-likeness (QED) is 0.561. The van der Waals surface area contributed by atoms with Crippen LogP contribution in [0, 0.1) is 23.7 Å². The number of carbonyl (C=O) groups excluding carboxylic acids is 3. The minimum absolute atomic E-state index is 0.149. The van der Waals surface area contributed by atoms with E-state index in [1.54, 1.807) is 0 Å². The molecule has 0 aromatic heterocycles. The Hall–Kier alpha value is -1.91. The van der Waals surface area contributed by atoms with Crippen LogP contribution in [-0.4, -0.2) is 28.7 Å². The van der Waals surface area contributed by atoms with E-state index in [9.17, 15) is 14.4 Å². The molecule has 5 unspecified atom stereocenters. The summed E-state index contributed by atoms with van der Waals surface area (Å²) in [4.78, 5) is 38.5. The predicted octanol–water partition coefficient (Wildman–Crippen LogP) is 0.586. The van der Waals surface area contributed by atoms with E-state index in [4.69, 9.17) is 0 Å². The third kappa shape index (κ3) is 1.35. The highest BCUT2D eigenvalue weighted by Gasteiger charge is 2.61. The molecule has 0 aromatic carbocycles. The van der Waals surface area contributed by atoms with Gasteiger partial charge in [0, 0.05) is 5.70 Å². The lowest BCUT2D eigenvalue weighted by atomic mass is 9.85. The molecular weight excluding hydrogens is 256 g/mol. The molecule has 2 aliphatic heterocycles. The Balaban J connectivity index is 1.65. The van der Waals surface area contributed by atoms with Crippen molar-refractivity contribution in [2.24, 2.45) is 23.7 Å². The van der Waals surface area contributed by atoms with Gasteiger partial charge in [-0.1, -0.05) is 18.7 Å². The van der Waals surface area contributed by atoms with Crippen LogP contribution in [0.3, 0.4) is 0 Å². The standard InChI is InChI=1S/C15H16N2O3/c1-7-2-5-10(13(18)16-7)17-14(19)11-8-3-4-9(6-8)12(11)15(17)20/h3-4,8-12H,1-2,5-6H2,(H,16,18). The van der Waals surface area contributed by atoms with E-state index in [-0.39, 0.29) is 41.4 Å². The molecule has 1 saturated carbocycles. The minimum Gasteiger partial charge on any atom is -0.329 e. The van der Waals surface area contributed by atoms with Gasteiger partial charge < -0.3 is 5.32 Å². The van der Waals surface area contributed by atoms with E-state index >= 15 is 0 Å². The molecule has 5 heteroatoms. The number of likely N-dealkylation sites (tertiary alicyclic amines) is 1. The SMILES string of the molecule is C=C1CCC(N2C(=O)C3C4C=CC(C4)C3C2=O)C(=O)N1. The second kappa shape index (κ2) is 3.81. The Morgan fingerprint density at radius 3 is 2.25 bits per heavy atom. The third-order valence-corrected chi connectivity index (χ3v) is 5.14. The van der Waals surface area contributed by atoms with Crippen molar-refractivity contribution in [2.45, 2.75) is 25.3 Å². The lowest BCUT2D eigenvalue weighted by molar-refractivity contribution is -0.149. The van der Waals surface area contributed by atoms with Crippen LogP contribution in [0.4, 0.5) is 0 Å². The summed E-state index contributed by atoms with van der Waals surface area (Å²) in [7, 11) is 0. The van der Waals surface area contributed by atoms with Gasteiger partial charge in [-0.15, -0.1) is 0 Å². The summed E-state index contributed by atoms with van der Waals surface area (Å²) in [6.07, 6.45) is 6.14. The maximum atomic E-state index is 12.6. The molecule has 2 saturated heterocycles. The molecule has 2 aliphatic carbocycles. The minimum atomic E-state index is -0.648. The van der Waals surface area contributed by atoms with Crippen LogP contribution in [0.15, 0.2) is 24.4 Å². The summed E-state index contributed by atoms with van der Waals surface area (Å²) in [6, 6.07) is -0.648. The number of hydrogen-bond donors (Lipinski definition) is 1. The number of amides is 3. The summed E-state index contributed by atoms with van der Waals surface area (Å²) in [5.74, 6) is -0.649. The lowest BCUT2D eigenvalue weighted by Gasteiger charge is -2.30. The third-order valence-electron chi connectivity index (χ3n) is 5.14. The molecule has 0 radical (unpaired) electrons. The summed E-state index contributed by atoms with van der Waals surface area (Å²) < 4.78 is 0. The van der Waals surface area contributed by atoms with Crippen LogP contribution in [-0.2, 0) is 14.4 Å². The topological polar surface area (TPSA) is 66.5 Å². The zero-order chi connectivity index (χ0) is 14.0. The molecule has 3 fully saturated rings. The molecule has 1 N–H and O–H groups in total. The first-order valence-corrected chi connectivity index (χ1v) is 7.12. The molecule has 3 amide bonds. The first kappa shape index (κ1) is 11.9. The molecule has 2 heterocycles. The second-order valence-corrected chi connectivity index (χ2v) is 6.19. The van der Waals surface area contributed by atoms with Crippen LogP contribution in [0.25, 0.3) is 0 Å².